The number of hydrogen-bond acceptors (Lipinski definition) is 2. The minimum absolute atomic E-state index is 0.0609. The van der Waals surface area contributed by atoms with Crippen LogP contribution in [0.4, 0.5) is 4.39 Å². The summed E-state index contributed by atoms with van der Waals surface area (Å²) in [6.45, 7) is 0. The summed E-state index contributed by atoms with van der Waals surface area (Å²) in [5.74, 6) is -2.31. The Kier molecular flexibility index (Phi) is 2.60. The van der Waals surface area contributed by atoms with Gasteiger partial charge in [0.1, 0.15) is 0 Å². The molecular formula is C7H5ClFNO2. The van der Waals surface area contributed by atoms with Gasteiger partial charge in [0.25, 0.3) is 0 Å². The lowest BCUT2D eigenvalue weighted by Gasteiger charge is -1.99. The average Bonchev–Trinajstić information content (AvgIpc) is 2.04. The second-order valence-electron chi connectivity index (χ2n) is 2.07. The van der Waals surface area contributed by atoms with Gasteiger partial charge >= 0.3 is 5.97 Å². The van der Waals surface area contributed by atoms with Crippen molar-refractivity contribution in [3.8, 4) is 0 Å². The molecule has 0 radical (unpaired) electrons. The number of nitrogens with zero attached hydrogens (tertiary/aromatic N) is 1. The van der Waals surface area contributed by atoms with Crippen LogP contribution in [0.25, 0.3) is 0 Å². The first-order valence-electron chi connectivity index (χ1n) is 3.09. The van der Waals surface area contributed by atoms with Crippen molar-refractivity contribution in [3.63, 3.8) is 0 Å². The Hall–Kier alpha value is -1.16. The number of carboxylic acid groups (broad SMARTS) is 1. The van der Waals surface area contributed by atoms with Gasteiger partial charge in [-0.05, 0) is 6.07 Å². The lowest BCUT2D eigenvalue weighted by Crippen LogP contribution is -2.05. The standard InChI is InChI=1S/C7H5ClFNO2/c8-3-4-1-2-10-6(5(4)9)7(11)12/h1-2H,3H2,(H,11,12). The van der Waals surface area contributed by atoms with Crippen LogP contribution in [0, 0.1) is 5.82 Å². The molecule has 0 aliphatic rings. The third-order valence-corrected chi connectivity index (χ3v) is 1.60. The fourth-order valence-electron chi connectivity index (χ4n) is 0.736. The zero-order valence-corrected chi connectivity index (χ0v) is 6.68. The van der Waals surface area contributed by atoms with Crippen LogP contribution in [0.15, 0.2) is 12.3 Å². The van der Waals surface area contributed by atoms with Gasteiger partial charge in [-0.1, -0.05) is 0 Å². The number of carboxylic acids is 1. The van der Waals surface area contributed by atoms with Gasteiger partial charge in [-0.3, -0.25) is 0 Å². The van der Waals surface area contributed by atoms with E-state index in [1.165, 1.54) is 12.3 Å². The summed E-state index contributed by atoms with van der Waals surface area (Å²) in [6, 6.07) is 1.34. The van der Waals surface area contributed by atoms with E-state index in [4.69, 9.17) is 16.7 Å². The topological polar surface area (TPSA) is 50.2 Å². The quantitative estimate of drug-likeness (QED) is 0.720. The monoisotopic (exact) mass is 189 g/mol. The van der Waals surface area contributed by atoms with Gasteiger partial charge in [-0.25, -0.2) is 14.2 Å². The molecule has 1 rings (SSSR count). The van der Waals surface area contributed by atoms with Crippen LogP contribution in [0.3, 0.4) is 0 Å². The van der Waals surface area contributed by atoms with Crippen molar-refractivity contribution in [1.82, 2.24) is 4.98 Å². The summed E-state index contributed by atoms with van der Waals surface area (Å²) in [5, 5.41) is 8.44. The summed E-state index contributed by atoms with van der Waals surface area (Å²) >= 11 is 5.35. The third kappa shape index (κ3) is 1.53. The van der Waals surface area contributed by atoms with Crippen LogP contribution in [-0.2, 0) is 5.88 Å². The van der Waals surface area contributed by atoms with Crippen molar-refractivity contribution in [2.24, 2.45) is 0 Å². The number of aromatic carboxylic acids is 1. The molecule has 1 aromatic heterocycles. The molecule has 0 spiro atoms. The fraction of sp³-hybridized carbons (Fsp3) is 0.143. The Morgan fingerprint density at radius 1 is 1.75 bits per heavy atom. The van der Waals surface area contributed by atoms with Gasteiger partial charge in [0.15, 0.2) is 11.5 Å². The summed E-state index contributed by atoms with van der Waals surface area (Å²) in [6.07, 6.45) is 1.21. The number of pyridine rings is 1. The van der Waals surface area contributed by atoms with Crippen LogP contribution in [0.1, 0.15) is 16.1 Å². The Morgan fingerprint density at radius 2 is 2.42 bits per heavy atom. The molecule has 0 aliphatic carbocycles. The van der Waals surface area contributed by atoms with E-state index in [-0.39, 0.29) is 11.4 Å². The smallest absolute Gasteiger partial charge is 0.357 e. The highest BCUT2D eigenvalue weighted by Crippen LogP contribution is 2.12. The maximum absolute atomic E-state index is 13.0. The van der Waals surface area contributed by atoms with E-state index in [9.17, 15) is 9.18 Å². The van der Waals surface area contributed by atoms with E-state index < -0.39 is 17.5 Å². The second-order valence-corrected chi connectivity index (χ2v) is 2.34. The zero-order valence-electron chi connectivity index (χ0n) is 5.92. The van der Waals surface area contributed by atoms with Gasteiger partial charge in [-0.15, -0.1) is 11.6 Å². The van der Waals surface area contributed by atoms with Gasteiger partial charge in [0.05, 0.1) is 5.88 Å². The Labute approximate surface area is 72.8 Å². The highest BCUT2D eigenvalue weighted by Gasteiger charge is 2.14. The SMILES string of the molecule is O=C(O)c1nccc(CCl)c1F. The van der Waals surface area contributed by atoms with Crippen LogP contribution in [0.2, 0.25) is 0 Å². The molecule has 1 N–H and O–H groups in total. The molecule has 1 heterocycles. The van der Waals surface area contributed by atoms with Crippen molar-refractivity contribution in [3.05, 3.63) is 29.3 Å². The number of aromatic nitrogens is 1. The highest BCUT2D eigenvalue weighted by atomic mass is 35.5. The van der Waals surface area contributed by atoms with Crippen molar-refractivity contribution in [1.29, 1.82) is 0 Å². The lowest BCUT2D eigenvalue weighted by molar-refractivity contribution is 0.0684. The molecule has 0 unspecified atom stereocenters. The van der Waals surface area contributed by atoms with Crippen molar-refractivity contribution >= 4 is 17.6 Å². The molecular weight excluding hydrogens is 185 g/mol. The highest BCUT2D eigenvalue weighted by molar-refractivity contribution is 6.17. The third-order valence-electron chi connectivity index (χ3n) is 1.32. The Bertz CT molecular complexity index is 316. The maximum Gasteiger partial charge on any atom is 0.357 e. The molecule has 0 atom stereocenters. The van der Waals surface area contributed by atoms with E-state index in [1.807, 2.05) is 0 Å². The molecule has 12 heavy (non-hydrogen) atoms. The number of rotatable bonds is 2. The molecule has 0 bridgehead atoms. The molecule has 3 nitrogen and oxygen atoms in total. The van der Waals surface area contributed by atoms with Crippen LogP contribution in [-0.4, -0.2) is 16.1 Å². The van der Waals surface area contributed by atoms with Crippen molar-refractivity contribution in [2.45, 2.75) is 5.88 Å². The van der Waals surface area contributed by atoms with Crippen LogP contribution >= 0.6 is 11.6 Å². The van der Waals surface area contributed by atoms with Gasteiger partial charge in [0, 0.05) is 11.8 Å². The molecule has 64 valence electrons. The zero-order chi connectivity index (χ0) is 9.14. The molecule has 0 fully saturated rings. The van der Waals surface area contributed by atoms with E-state index in [2.05, 4.69) is 4.98 Å². The molecule has 0 saturated heterocycles. The first-order valence-corrected chi connectivity index (χ1v) is 3.63. The summed E-state index contributed by atoms with van der Waals surface area (Å²) < 4.78 is 13.0. The normalized spacial score (nSPS) is 9.83. The number of alkyl halides is 1. The number of carbonyl (C=O) groups is 1. The first-order chi connectivity index (χ1) is 5.66. The van der Waals surface area contributed by atoms with E-state index in [0.717, 1.165) is 0 Å². The van der Waals surface area contributed by atoms with Gasteiger partial charge in [0.2, 0.25) is 0 Å². The minimum Gasteiger partial charge on any atom is -0.476 e. The van der Waals surface area contributed by atoms with Gasteiger partial charge < -0.3 is 5.11 Å². The lowest BCUT2D eigenvalue weighted by atomic mass is 10.2. The van der Waals surface area contributed by atoms with Gasteiger partial charge in [-0.2, -0.15) is 0 Å². The maximum atomic E-state index is 13.0. The largest absolute Gasteiger partial charge is 0.476 e. The number of halogens is 2. The van der Waals surface area contributed by atoms with Crippen LogP contribution in [0.5, 0.6) is 0 Å². The van der Waals surface area contributed by atoms with Crippen LogP contribution < -0.4 is 0 Å². The van der Waals surface area contributed by atoms with E-state index in [0.29, 0.717) is 0 Å². The van der Waals surface area contributed by atoms with Crippen molar-refractivity contribution in [2.75, 3.05) is 0 Å². The molecule has 1 aromatic rings. The molecule has 0 aliphatic heterocycles. The Morgan fingerprint density at radius 3 is 2.92 bits per heavy atom. The molecule has 0 amide bonds. The fourth-order valence-corrected chi connectivity index (χ4v) is 0.942. The summed E-state index contributed by atoms with van der Waals surface area (Å²) in [4.78, 5) is 13.7. The molecule has 5 heteroatoms. The van der Waals surface area contributed by atoms with E-state index in [1.54, 1.807) is 0 Å². The second kappa shape index (κ2) is 3.49. The predicted molar refractivity (Wildman–Crippen MR) is 40.7 cm³/mol. The Balaban J connectivity index is 3.23. The first kappa shape index (κ1) is 8.93. The predicted octanol–water partition coefficient (Wildman–Crippen LogP) is 1.66. The summed E-state index contributed by atoms with van der Waals surface area (Å²) in [7, 11) is 0. The minimum atomic E-state index is -1.39. The van der Waals surface area contributed by atoms with Crippen molar-refractivity contribution < 1.29 is 14.3 Å². The summed E-state index contributed by atoms with van der Waals surface area (Å²) in [5.41, 5.74) is -0.447. The van der Waals surface area contributed by atoms with E-state index >= 15 is 0 Å². The average molecular weight is 190 g/mol. The molecule has 0 aromatic carbocycles. The number of hydrogen-bond donors (Lipinski definition) is 1. The molecule has 0 saturated carbocycles.